The van der Waals surface area contributed by atoms with Crippen molar-refractivity contribution in [3.05, 3.63) is 72.3 Å². The third-order valence-corrected chi connectivity index (χ3v) is 5.37. The van der Waals surface area contributed by atoms with Gasteiger partial charge in [-0.25, -0.2) is 4.68 Å². The molecule has 1 saturated heterocycles. The van der Waals surface area contributed by atoms with Gasteiger partial charge in [-0.05, 0) is 55.7 Å². The molecule has 0 aliphatic carbocycles. The summed E-state index contributed by atoms with van der Waals surface area (Å²) in [5.41, 5.74) is 2.48. The number of carbonyl (C=O) groups is 2. The van der Waals surface area contributed by atoms with Gasteiger partial charge >= 0.3 is 0 Å². The molecule has 1 aliphatic rings. The third kappa shape index (κ3) is 5.20. The zero-order chi connectivity index (χ0) is 22.3. The van der Waals surface area contributed by atoms with Crippen LogP contribution < -0.4 is 5.32 Å². The Labute approximate surface area is 187 Å². The van der Waals surface area contributed by atoms with Gasteiger partial charge in [0.15, 0.2) is 0 Å². The van der Waals surface area contributed by atoms with E-state index in [1.807, 2.05) is 29.2 Å². The number of ether oxygens (including phenoxy) is 1. The molecule has 8 heteroatoms. The number of carbonyl (C=O) groups excluding carboxylic acids is 2. The van der Waals surface area contributed by atoms with Crippen LogP contribution in [0, 0.1) is 0 Å². The number of hydrogen-bond acceptors (Lipinski definition) is 5. The van der Waals surface area contributed by atoms with Crippen LogP contribution in [0.25, 0.3) is 5.69 Å². The first-order valence-corrected chi connectivity index (χ1v) is 10.9. The van der Waals surface area contributed by atoms with Crippen LogP contribution in [0.4, 0.5) is 5.69 Å². The highest BCUT2D eigenvalue weighted by molar-refractivity contribution is 6.03. The minimum Gasteiger partial charge on any atom is -0.376 e. The van der Waals surface area contributed by atoms with Crippen LogP contribution in [0.2, 0.25) is 0 Å². The Balaban J connectivity index is 1.41. The summed E-state index contributed by atoms with van der Waals surface area (Å²) in [7, 11) is 0. The van der Waals surface area contributed by atoms with Crippen molar-refractivity contribution >= 4 is 17.5 Å². The molecule has 2 amide bonds. The molecule has 32 heavy (non-hydrogen) atoms. The van der Waals surface area contributed by atoms with E-state index in [2.05, 4.69) is 22.3 Å². The van der Waals surface area contributed by atoms with Gasteiger partial charge in [0, 0.05) is 37.7 Å². The highest BCUT2D eigenvalue weighted by Crippen LogP contribution is 2.18. The predicted octanol–water partition coefficient (Wildman–Crippen LogP) is 3.55. The monoisotopic (exact) mass is 433 g/mol. The molecule has 1 fully saturated rings. The lowest BCUT2D eigenvalue weighted by atomic mass is 10.1. The Kier molecular flexibility index (Phi) is 6.91. The van der Waals surface area contributed by atoms with E-state index >= 15 is 0 Å². The number of nitrogens with zero attached hydrogens (tertiary/aromatic N) is 4. The molecule has 0 spiro atoms. The van der Waals surface area contributed by atoms with Gasteiger partial charge in [0.2, 0.25) is 0 Å². The van der Waals surface area contributed by atoms with E-state index < -0.39 is 0 Å². The topological polar surface area (TPSA) is 89.4 Å². The van der Waals surface area contributed by atoms with E-state index in [9.17, 15) is 9.59 Å². The quantitative estimate of drug-likeness (QED) is 0.587. The standard InChI is InChI=1S/C24H27N5O3/c1-2-12-28(17-22-6-4-13-32-22)24(31)18-7-9-21(10-8-18)29-16-20(15-26-29)27-23(30)19-5-3-11-25-14-19/h3,5,7-11,14-16,22H,2,4,6,12-13,17H2,1H3,(H,27,30)/t22-/m1/s1. The molecule has 0 bridgehead atoms. The highest BCUT2D eigenvalue weighted by atomic mass is 16.5. The van der Waals surface area contributed by atoms with Crippen LogP contribution >= 0.6 is 0 Å². The lowest BCUT2D eigenvalue weighted by Gasteiger charge is -2.25. The van der Waals surface area contributed by atoms with E-state index in [-0.39, 0.29) is 17.9 Å². The normalized spacial score (nSPS) is 15.5. The molecule has 8 nitrogen and oxygen atoms in total. The molecule has 1 N–H and O–H groups in total. The number of rotatable bonds is 8. The lowest BCUT2D eigenvalue weighted by molar-refractivity contribution is 0.0526. The fourth-order valence-corrected chi connectivity index (χ4v) is 3.75. The maximum Gasteiger partial charge on any atom is 0.257 e. The summed E-state index contributed by atoms with van der Waals surface area (Å²) in [5.74, 6) is -0.236. The van der Waals surface area contributed by atoms with Crippen LogP contribution in [0.15, 0.2) is 61.2 Å². The summed E-state index contributed by atoms with van der Waals surface area (Å²) in [4.78, 5) is 31.1. The predicted molar refractivity (Wildman–Crippen MR) is 121 cm³/mol. The largest absolute Gasteiger partial charge is 0.376 e. The van der Waals surface area contributed by atoms with Gasteiger partial charge < -0.3 is 15.0 Å². The highest BCUT2D eigenvalue weighted by Gasteiger charge is 2.23. The van der Waals surface area contributed by atoms with Gasteiger partial charge in [-0.1, -0.05) is 6.92 Å². The summed E-state index contributed by atoms with van der Waals surface area (Å²) < 4.78 is 7.37. The van der Waals surface area contributed by atoms with Gasteiger partial charge in [0.05, 0.1) is 35.4 Å². The Morgan fingerprint density at radius 1 is 1.19 bits per heavy atom. The molecule has 3 aromatic rings. The van der Waals surface area contributed by atoms with Crippen LogP contribution in [0.5, 0.6) is 0 Å². The molecule has 166 valence electrons. The Bertz CT molecular complexity index is 1040. The van der Waals surface area contributed by atoms with E-state index in [4.69, 9.17) is 4.74 Å². The molecule has 0 saturated carbocycles. The minimum atomic E-state index is -0.249. The smallest absolute Gasteiger partial charge is 0.257 e. The Hall–Kier alpha value is -3.52. The number of benzene rings is 1. The lowest BCUT2D eigenvalue weighted by Crippen LogP contribution is -2.37. The van der Waals surface area contributed by atoms with Crippen molar-refractivity contribution in [3.63, 3.8) is 0 Å². The molecule has 2 aromatic heterocycles. The number of pyridine rings is 1. The third-order valence-electron chi connectivity index (χ3n) is 5.37. The molecule has 1 aromatic carbocycles. The first-order chi connectivity index (χ1) is 15.6. The molecule has 0 unspecified atom stereocenters. The van der Waals surface area contributed by atoms with Crippen molar-refractivity contribution in [1.29, 1.82) is 0 Å². The molecule has 0 radical (unpaired) electrons. The summed E-state index contributed by atoms with van der Waals surface area (Å²) in [6.07, 6.45) is 9.53. The fraction of sp³-hybridized carbons (Fsp3) is 0.333. The number of nitrogens with one attached hydrogen (secondary N) is 1. The summed E-state index contributed by atoms with van der Waals surface area (Å²) in [6.45, 7) is 4.19. The minimum absolute atomic E-state index is 0.0128. The maximum absolute atomic E-state index is 13.0. The molecular formula is C24H27N5O3. The van der Waals surface area contributed by atoms with Crippen molar-refractivity contribution < 1.29 is 14.3 Å². The second-order valence-corrected chi connectivity index (χ2v) is 7.80. The molecule has 1 atom stereocenters. The number of hydrogen-bond donors (Lipinski definition) is 1. The molecular weight excluding hydrogens is 406 g/mol. The second-order valence-electron chi connectivity index (χ2n) is 7.80. The summed E-state index contributed by atoms with van der Waals surface area (Å²) >= 11 is 0. The van der Waals surface area contributed by atoms with Crippen LogP contribution in [0.3, 0.4) is 0 Å². The first-order valence-electron chi connectivity index (χ1n) is 10.9. The van der Waals surface area contributed by atoms with E-state index in [1.54, 1.807) is 35.4 Å². The number of amides is 2. The van der Waals surface area contributed by atoms with Gasteiger partial charge in [-0.2, -0.15) is 5.10 Å². The number of aromatic nitrogens is 3. The van der Waals surface area contributed by atoms with Crippen molar-refractivity contribution in [3.8, 4) is 5.69 Å². The van der Waals surface area contributed by atoms with Crippen LogP contribution in [-0.2, 0) is 4.74 Å². The van der Waals surface area contributed by atoms with Gasteiger partial charge in [-0.15, -0.1) is 0 Å². The zero-order valence-electron chi connectivity index (χ0n) is 18.1. The molecule has 1 aliphatic heterocycles. The van der Waals surface area contributed by atoms with Gasteiger partial charge in [0.1, 0.15) is 0 Å². The van der Waals surface area contributed by atoms with E-state index in [1.165, 1.54) is 6.20 Å². The fourth-order valence-electron chi connectivity index (χ4n) is 3.75. The van der Waals surface area contributed by atoms with Gasteiger partial charge in [-0.3, -0.25) is 14.6 Å². The van der Waals surface area contributed by atoms with E-state index in [0.29, 0.717) is 29.9 Å². The molecule has 4 rings (SSSR count). The van der Waals surface area contributed by atoms with Gasteiger partial charge in [0.25, 0.3) is 11.8 Å². The molecule has 3 heterocycles. The summed E-state index contributed by atoms with van der Waals surface area (Å²) in [6, 6.07) is 10.7. The average molecular weight is 434 g/mol. The van der Waals surface area contributed by atoms with Crippen molar-refractivity contribution in [2.75, 3.05) is 25.0 Å². The van der Waals surface area contributed by atoms with Crippen LogP contribution in [0.1, 0.15) is 46.9 Å². The Morgan fingerprint density at radius 2 is 2.03 bits per heavy atom. The average Bonchev–Trinajstić information content (AvgIpc) is 3.51. The van der Waals surface area contributed by atoms with Crippen molar-refractivity contribution in [2.45, 2.75) is 32.3 Å². The van der Waals surface area contributed by atoms with Crippen LogP contribution in [-0.4, -0.2) is 57.3 Å². The summed E-state index contributed by atoms with van der Waals surface area (Å²) in [5, 5.41) is 7.12. The number of anilines is 1. The van der Waals surface area contributed by atoms with E-state index in [0.717, 1.165) is 31.6 Å². The Morgan fingerprint density at radius 3 is 2.72 bits per heavy atom. The zero-order valence-corrected chi connectivity index (χ0v) is 18.1. The maximum atomic E-state index is 13.0. The first kappa shape index (κ1) is 21.7. The SMILES string of the molecule is CCCN(C[C@H]1CCCO1)C(=O)c1ccc(-n2cc(NC(=O)c3cccnc3)cn2)cc1. The second kappa shape index (κ2) is 10.2. The van der Waals surface area contributed by atoms with Crippen molar-refractivity contribution in [2.24, 2.45) is 0 Å². The van der Waals surface area contributed by atoms with Crippen molar-refractivity contribution in [1.82, 2.24) is 19.7 Å².